The molecular weight excluding hydrogens is 486 g/mol. The molecular formula is C22H16F6N2O3S. The van der Waals surface area contributed by atoms with Crippen molar-refractivity contribution in [3.63, 3.8) is 0 Å². The standard InChI is InChI=1S/C22H16F6N2O3S/c23-21(24,25)17-11-5-7-13-19(17)34(31,32)30-29-20(22(26,27)28)16-10-4-6-12-18(16)33-14-15-8-2-1-3-9-15/h1-13,30H,14H2/b29-20+. The van der Waals surface area contributed by atoms with E-state index in [9.17, 15) is 34.8 Å². The van der Waals surface area contributed by atoms with E-state index in [2.05, 4.69) is 5.10 Å². The summed E-state index contributed by atoms with van der Waals surface area (Å²) < 4.78 is 111. The van der Waals surface area contributed by atoms with Gasteiger partial charge in [-0.1, -0.05) is 54.6 Å². The van der Waals surface area contributed by atoms with Gasteiger partial charge in [0.15, 0.2) is 5.71 Å². The highest BCUT2D eigenvalue weighted by atomic mass is 32.2. The van der Waals surface area contributed by atoms with E-state index in [1.807, 2.05) is 0 Å². The second kappa shape index (κ2) is 9.75. The van der Waals surface area contributed by atoms with Crippen LogP contribution in [-0.4, -0.2) is 20.3 Å². The number of benzene rings is 3. The van der Waals surface area contributed by atoms with Crippen LogP contribution in [0, 0.1) is 0 Å². The van der Waals surface area contributed by atoms with Crippen molar-refractivity contribution < 1.29 is 39.5 Å². The monoisotopic (exact) mass is 502 g/mol. The number of sulfonamides is 1. The molecule has 0 radical (unpaired) electrons. The predicted molar refractivity (Wildman–Crippen MR) is 112 cm³/mol. The lowest BCUT2D eigenvalue weighted by molar-refractivity contribution is -0.139. The fourth-order valence-electron chi connectivity index (χ4n) is 2.89. The molecule has 0 amide bonds. The first kappa shape index (κ1) is 25.1. The first-order valence-electron chi connectivity index (χ1n) is 9.48. The lowest BCUT2D eigenvalue weighted by Gasteiger charge is -2.16. The Balaban J connectivity index is 1.98. The number of hydrogen-bond acceptors (Lipinski definition) is 4. The summed E-state index contributed by atoms with van der Waals surface area (Å²) in [5, 5.41) is 2.96. The number of halogens is 6. The van der Waals surface area contributed by atoms with Gasteiger partial charge < -0.3 is 4.74 Å². The van der Waals surface area contributed by atoms with Gasteiger partial charge in [0.05, 0.1) is 5.56 Å². The summed E-state index contributed by atoms with van der Waals surface area (Å²) in [6, 6.07) is 16.5. The summed E-state index contributed by atoms with van der Waals surface area (Å²) in [5.74, 6) is -0.252. The molecule has 0 saturated carbocycles. The Morgan fingerprint density at radius 1 is 0.824 bits per heavy atom. The van der Waals surface area contributed by atoms with Crippen LogP contribution < -0.4 is 9.57 Å². The molecule has 1 N–H and O–H groups in total. The highest BCUT2D eigenvalue weighted by molar-refractivity contribution is 7.89. The number of hydrazone groups is 1. The molecule has 0 saturated heterocycles. The Bertz CT molecular complexity index is 1270. The van der Waals surface area contributed by atoms with Crippen molar-refractivity contribution in [2.45, 2.75) is 23.9 Å². The van der Waals surface area contributed by atoms with Gasteiger partial charge in [0.25, 0.3) is 10.0 Å². The van der Waals surface area contributed by atoms with Gasteiger partial charge in [-0.15, -0.1) is 0 Å². The first-order chi connectivity index (χ1) is 15.9. The average molecular weight is 502 g/mol. The molecule has 0 spiro atoms. The lowest BCUT2D eigenvalue weighted by Crippen LogP contribution is -2.30. The normalized spacial score (nSPS) is 12.9. The van der Waals surface area contributed by atoms with E-state index in [-0.39, 0.29) is 12.4 Å². The molecule has 3 aromatic carbocycles. The summed E-state index contributed by atoms with van der Waals surface area (Å²) in [5.41, 5.74) is -3.17. The minimum atomic E-state index is -5.17. The molecule has 34 heavy (non-hydrogen) atoms. The number of nitrogens with one attached hydrogen (secondary N) is 1. The van der Waals surface area contributed by atoms with Crippen molar-refractivity contribution >= 4 is 15.7 Å². The number of para-hydroxylation sites is 1. The van der Waals surface area contributed by atoms with Crippen LogP contribution in [0.4, 0.5) is 26.3 Å². The summed E-state index contributed by atoms with van der Waals surface area (Å²) in [7, 11) is -5.10. The number of alkyl halides is 6. The van der Waals surface area contributed by atoms with Crippen LogP contribution in [0.2, 0.25) is 0 Å². The van der Waals surface area contributed by atoms with Crippen LogP contribution in [0.1, 0.15) is 16.7 Å². The highest BCUT2D eigenvalue weighted by Crippen LogP contribution is 2.34. The Labute approximate surface area is 190 Å². The van der Waals surface area contributed by atoms with Crippen molar-refractivity contribution in [3.05, 3.63) is 95.6 Å². The Hall–Kier alpha value is -3.54. The Kier molecular flexibility index (Phi) is 7.20. The summed E-state index contributed by atoms with van der Waals surface area (Å²) in [6.45, 7) is -0.0896. The molecule has 0 bridgehead atoms. The summed E-state index contributed by atoms with van der Waals surface area (Å²) in [6.07, 6.45) is -10.2. The van der Waals surface area contributed by atoms with Crippen molar-refractivity contribution in [1.82, 2.24) is 4.83 Å². The van der Waals surface area contributed by atoms with Gasteiger partial charge in [0.2, 0.25) is 0 Å². The minimum absolute atomic E-state index is 0.0896. The number of nitrogens with zero attached hydrogens (tertiary/aromatic N) is 1. The molecule has 0 aliphatic heterocycles. The SMILES string of the molecule is O=S(=O)(N/N=C(\c1ccccc1OCc1ccccc1)C(F)(F)F)c1ccccc1C(F)(F)F. The predicted octanol–water partition coefficient (Wildman–Crippen LogP) is 5.53. The first-order valence-corrected chi connectivity index (χ1v) is 11.0. The third-order valence-electron chi connectivity index (χ3n) is 4.41. The maximum absolute atomic E-state index is 13.8. The summed E-state index contributed by atoms with van der Waals surface area (Å²) in [4.78, 5) is 0.0160. The van der Waals surface area contributed by atoms with Gasteiger partial charge in [-0.2, -0.15) is 44.7 Å². The highest BCUT2D eigenvalue weighted by Gasteiger charge is 2.40. The molecule has 3 aromatic rings. The topological polar surface area (TPSA) is 67.8 Å². The molecule has 0 heterocycles. The van der Waals surface area contributed by atoms with E-state index in [1.54, 1.807) is 30.3 Å². The van der Waals surface area contributed by atoms with Crippen LogP contribution in [0.3, 0.4) is 0 Å². The van der Waals surface area contributed by atoms with Gasteiger partial charge in [-0.05, 0) is 29.8 Å². The summed E-state index contributed by atoms with van der Waals surface area (Å²) >= 11 is 0. The van der Waals surface area contributed by atoms with Gasteiger partial charge in [0.1, 0.15) is 17.3 Å². The molecule has 0 aliphatic rings. The zero-order valence-electron chi connectivity index (χ0n) is 17.1. The van der Waals surface area contributed by atoms with E-state index in [0.29, 0.717) is 17.7 Å². The molecule has 5 nitrogen and oxygen atoms in total. The molecule has 0 fully saturated rings. The lowest BCUT2D eigenvalue weighted by atomic mass is 10.1. The van der Waals surface area contributed by atoms with Gasteiger partial charge >= 0.3 is 12.4 Å². The van der Waals surface area contributed by atoms with Gasteiger partial charge in [0, 0.05) is 5.56 Å². The molecule has 180 valence electrons. The number of ether oxygens (including phenoxy) is 1. The average Bonchev–Trinajstić information content (AvgIpc) is 2.78. The minimum Gasteiger partial charge on any atom is -0.488 e. The third kappa shape index (κ3) is 6.07. The maximum atomic E-state index is 13.8. The molecule has 0 aromatic heterocycles. The van der Waals surface area contributed by atoms with E-state index in [1.165, 1.54) is 23.0 Å². The largest absolute Gasteiger partial charge is 0.488 e. The third-order valence-corrected chi connectivity index (χ3v) is 5.67. The van der Waals surface area contributed by atoms with E-state index in [4.69, 9.17) is 4.74 Å². The second-order valence-electron chi connectivity index (χ2n) is 6.82. The zero-order chi connectivity index (χ0) is 25.0. The fourth-order valence-corrected chi connectivity index (χ4v) is 3.93. The van der Waals surface area contributed by atoms with Crippen LogP contribution in [0.5, 0.6) is 5.75 Å². The van der Waals surface area contributed by atoms with E-state index in [0.717, 1.165) is 18.2 Å². The van der Waals surface area contributed by atoms with E-state index < -0.39 is 44.1 Å². The zero-order valence-corrected chi connectivity index (χ0v) is 17.9. The molecule has 0 unspecified atom stereocenters. The van der Waals surface area contributed by atoms with Crippen LogP contribution in [0.25, 0.3) is 0 Å². The van der Waals surface area contributed by atoms with Crippen LogP contribution in [0.15, 0.2) is 88.9 Å². The molecule has 0 atom stereocenters. The Morgan fingerprint density at radius 3 is 2.06 bits per heavy atom. The Morgan fingerprint density at radius 2 is 1.41 bits per heavy atom. The van der Waals surface area contributed by atoms with E-state index >= 15 is 0 Å². The molecule has 0 aliphatic carbocycles. The van der Waals surface area contributed by atoms with Crippen molar-refractivity contribution in [2.24, 2.45) is 5.10 Å². The quantitative estimate of drug-likeness (QED) is 0.263. The van der Waals surface area contributed by atoms with Crippen LogP contribution in [-0.2, 0) is 22.8 Å². The molecule has 3 rings (SSSR count). The maximum Gasteiger partial charge on any atom is 0.435 e. The fraction of sp³-hybridized carbons (Fsp3) is 0.136. The molecule has 12 heteroatoms. The van der Waals surface area contributed by atoms with Crippen molar-refractivity contribution in [1.29, 1.82) is 0 Å². The van der Waals surface area contributed by atoms with Crippen LogP contribution >= 0.6 is 0 Å². The smallest absolute Gasteiger partial charge is 0.435 e. The number of rotatable bonds is 7. The van der Waals surface area contributed by atoms with Crippen molar-refractivity contribution in [2.75, 3.05) is 0 Å². The second-order valence-corrected chi connectivity index (χ2v) is 8.45. The van der Waals surface area contributed by atoms with Gasteiger partial charge in [-0.25, -0.2) is 0 Å². The number of hydrogen-bond donors (Lipinski definition) is 1. The van der Waals surface area contributed by atoms with Gasteiger partial charge in [-0.3, -0.25) is 0 Å². The van der Waals surface area contributed by atoms with Crippen molar-refractivity contribution in [3.8, 4) is 5.75 Å².